The number of nitrogens with one attached hydrogen (secondary N) is 2. The summed E-state index contributed by atoms with van der Waals surface area (Å²) >= 11 is 6.14. The molecule has 0 aromatic heterocycles. The van der Waals surface area contributed by atoms with Gasteiger partial charge in [-0.2, -0.15) is 0 Å². The van der Waals surface area contributed by atoms with Crippen LogP contribution in [0.25, 0.3) is 0 Å². The lowest BCUT2D eigenvalue weighted by molar-refractivity contribution is -0.116. The highest BCUT2D eigenvalue weighted by atomic mass is 35.5. The zero-order chi connectivity index (χ0) is 20.0. The Bertz CT molecular complexity index is 841. The molecule has 0 spiro atoms. The van der Waals surface area contributed by atoms with E-state index >= 15 is 0 Å². The molecule has 0 unspecified atom stereocenters. The van der Waals surface area contributed by atoms with Crippen LogP contribution < -0.4 is 10.6 Å². The normalized spacial score (nSPS) is 10.7. The van der Waals surface area contributed by atoms with Crippen LogP contribution in [-0.4, -0.2) is 18.4 Å². The van der Waals surface area contributed by atoms with Gasteiger partial charge in [-0.05, 0) is 48.2 Å². The third-order valence-electron chi connectivity index (χ3n) is 3.79. The molecule has 27 heavy (non-hydrogen) atoms. The second-order valence-electron chi connectivity index (χ2n) is 6.60. The van der Waals surface area contributed by atoms with Crippen molar-refractivity contribution in [1.82, 2.24) is 5.32 Å². The van der Waals surface area contributed by atoms with Gasteiger partial charge < -0.3 is 10.6 Å². The maximum Gasteiger partial charge on any atom is 0.252 e. The third kappa shape index (κ3) is 6.32. The van der Waals surface area contributed by atoms with Crippen molar-refractivity contribution in [3.8, 4) is 0 Å². The highest BCUT2D eigenvalue weighted by Gasteiger charge is 2.12. The highest BCUT2D eigenvalue weighted by Crippen LogP contribution is 2.21. The SMILES string of the molecule is CC(C)CNC(=O)c1ccc(NC(=O)CCc2ccc(F)c(F)c2)cc1Cl. The molecule has 0 aliphatic heterocycles. The van der Waals surface area contributed by atoms with Crippen LogP contribution >= 0.6 is 11.6 Å². The van der Waals surface area contributed by atoms with Gasteiger partial charge in [0, 0.05) is 18.7 Å². The van der Waals surface area contributed by atoms with Crippen molar-refractivity contribution in [2.45, 2.75) is 26.7 Å². The van der Waals surface area contributed by atoms with Gasteiger partial charge in [-0.25, -0.2) is 8.78 Å². The van der Waals surface area contributed by atoms with Crippen LogP contribution in [0.15, 0.2) is 36.4 Å². The lowest BCUT2D eigenvalue weighted by Crippen LogP contribution is -2.27. The van der Waals surface area contributed by atoms with Crippen LogP contribution in [0.4, 0.5) is 14.5 Å². The van der Waals surface area contributed by atoms with Gasteiger partial charge >= 0.3 is 0 Å². The van der Waals surface area contributed by atoms with Crippen molar-refractivity contribution < 1.29 is 18.4 Å². The minimum atomic E-state index is -0.939. The highest BCUT2D eigenvalue weighted by molar-refractivity contribution is 6.34. The van der Waals surface area contributed by atoms with Crippen LogP contribution in [0.1, 0.15) is 36.2 Å². The summed E-state index contributed by atoms with van der Waals surface area (Å²) in [6, 6.07) is 8.18. The van der Waals surface area contributed by atoms with Gasteiger partial charge in [0.15, 0.2) is 11.6 Å². The average molecular weight is 395 g/mol. The first-order valence-corrected chi connectivity index (χ1v) is 8.95. The zero-order valence-corrected chi connectivity index (χ0v) is 15.9. The van der Waals surface area contributed by atoms with E-state index in [0.717, 1.165) is 12.1 Å². The van der Waals surface area contributed by atoms with Crippen LogP contribution in [0, 0.1) is 17.6 Å². The Labute approximate surface area is 161 Å². The molecular formula is C20H21ClF2N2O2. The molecule has 7 heteroatoms. The maximum atomic E-state index is 13.2. The average Bonchev–Trinajstić information content (AvgIpc) is 2.61. The number of hydrogen-bond acceptors (Lipinski definition) is 2. The van der Waals surface area contributed by atoms with Gasteiger partial charge in [0.05, 0.1) is 10.6 Å². The first-order chi connectivity index (χ1) is 12.8. The van der Waals surface area contributed by atoms with E-state index in [0.29, 0.717) is 29.3 Å². The molecule has 0 fully saturated rings. The molecule has 0 radical (unpaired) electrons. The fourth-order valence-electron chi connectivity index (χ4n) is 2.35. The van der Waals surface area contributed by atoms with E-state index in [-0.39, 0.29) is 29.7 Å². The minimum absolute atomic E-state index is 0.0965. The van der Waals surface area contributed by atoms with Crippen molar-refractivity contribution in [3.63, 3.8) is 0 Å². The Morgan fingerprint density at radius 1 is 1.07 bits per heavy atom. The van der Waals surface area contributed by atoms with Gasteiger partial charge in [-0.15, -0.1) is 0 Å². The molecule has 2 aromatic rings. The third-order valence-corrected chi connectivity index (χ3v) is 4.11. The van der Waals surface area contributed by atoms with Gasteiger partial charge in [-0.1, -0.05) is 31.5 Å². The fraction of sp³-hybridized carbons (Fsp3) is 0.300. The van der Waals surface area contributed by atoms with Crippen molar-refractivity contribution in [1.29, 1.82) is 0 Å². The molecule has 2 N–H and O–H groups in total. The molecule has 0 aliphatic rings. The van der Waals surface area contributed by atoms with Crippen molar-refractivity contribution >= 4 is 29.1 Å². The molecule has 2 rings (SSSR count). The predicted molar refractivity (Wildman–Crippen MR) is 102 cm³/mol. The Morgan fingerprint density at radius 2 is 1.81 bits per heavy atom. The quantitative estimate of drug-likeness (QED) is 0.722. The number of carbonyl (C=O) groups excluding carboxylic acids is 2. The fourth-order valence-corrected chi connectivity index (χ4v) is 2.61. The predicted octanol–water partition coefficient (Wildman–Crippen LogP) is 4.58. The number of benzene rings is 2. The standard InChI is InChI=1S/C20H21ClF2N2O2/c1-12(2)11-24-20(27)15-6-5-14(10-16(15)21)25-19(26)8-4-13-3-7-17(22)18(23)9-13/h3,5-7,9-10,12H,4,8,11H2,1-2H3,(H,24,27)(H,25,26). The van der Waals surface area contributed by atoms with Crippen LogP contribution in [0.2, 0.25) is 5.02 Å². The lowest BCUT2D eigenvalue weighted by Gasteiger charge is -2.11. The van der Waals surface area contributed by atoms with Gasteiger partial charge in [0.2, 0.25) is 5.91 Å². The molecule has 4 nitrogen and oxygen atoms in total. The summed E-state index contributed by atoms with van der Waals surface area (Å²) < 4.78 is 26.1. The number of carbonyl (C=O) groups is 2. The minimum Gasteiger partial charge on any atom is -0.352 e. The smallest absolute Gasteiger partial charge is 0.252 e. The summed E-state index contributed by atoms with van der Waals surface area (Å²) in [5.74, 6) is -2.11. The summed E-state index contributed by atoms with van der Waals surface area (Å²) in [4.78, 5) is 24.1. The van der Waals surface area contributed by atoms with Crippen LogP contribution in [-0.2, 0) is 11.2 Å². The number of rotatable bonds is 7. The van der Waals surface area contributed by atoms with E-state index < -0.39 is 11.6 Å². The number of anilines is 1. The van der Waals surface area contributed by atoms with Gasteiger partial charge in [-0.3, -0.25) is 9.59 Å². The molecule has 0 atom stereocenters. The van der Waals surface area contributed by atoms with E-state index in [1.54, 1.807) is 12.1 Å². The van der Waals surface area contributed by atoms with E-state index in [4.69, 9.17) is 11.6 Å². The molecule has 2 aromatic carbocycles. The van der Waals surface area contributed by atoms with Gasteiger partial charge in [0.25, 0.3) is 5.91 Å². The number of halogens is 3. The van der Waals surface area contributed by atoms with E-state index in [1.165, 1.54) is 12.1 Å². The molecular weight excluding hydrogens is 374 g/mol. The van der Waals surface area contributed by atoms with Crippen molar-refractivity contribution in [3.05, 3.63) is 64.2 Å². The summed E-state index contributed by atoms with van der Waals surface area (Å²) in [6.45, 7) is 4.51. The zero-order valence-electron chi connectivity index (χ0n) is 15.1. The second-order valence-corrected chi connectivity index (χ2v) is 7.00. The second kappa shape index (κ2) is 9.46. The number of hydrogen-bond donors (Lipinski definition) is 2. The monoisotopic (exact) mass is 394 g/mol. The molecule has 0 heterocycles. The van der Waals surface area contributed by atoms with E-state index in [9.17, 15) is 18.4 Å². The Morgan fingerprint density at radius 3 is 2.44 bits per heavy atom. The molecule has 144 valence electrons. The molecule has 0 aliphatic carbocycles. The Balaban J connectivity index is 1.92. The van der Waals surface area contributed by atoms with E-state index in [1.807, 2.05) is 13.8 Å². The van der Waals surface area contributed by atoms with Crippen LogP contribution in [0.3, 0.4) is 0 Å². The van der Waals surface area contributed by atoms with E-state index in [2.05, 4.69) is 10.6 Å². The van der Waals surface area contributed by atoms with Gasteiger partial charge in [0.1, 0.15) is 0 Å². The molecule has 2 amide bonds. The topological polar surface area (TPSA) is 58.2 Å². The summed E-state index contributed by atoms with van der Waals surface area (Å²) in [6.07, 6.45) is 0.367. The molecule has 0 saturated heterocycles. The number of aryl methyl sites for hydroxylation is 1. The molecule has 0 bridgehead atoms. The van der Waals surface area contributed by atoms with Crippen molar-refractivity contribution in [2.75, 3.05) is 11.9 Å². The summed E-state index contributed by atoms with van der Waals surface area (Å²) in [5, 5.41) is 5.68. The lowest BCUT2D eigenvalue weighted by atomic mass is 10.1. The van der Waals surface area contributed by atoms with Crippen molar-refractivity contribution in [2.24, 2.45) is 5.92 Å². The Hall–Kier alpha value is -2.47. The first-order valence-electron chi connectivity index (χ1n) is 8.57. The molecule has 0 saturated carbocycles. The summed E-state index contributed by atoms with van der Waals surface area (Å²) in [5.41, 5.74) is 1.31. The maximum absolute atomic E-state index is 13.2. The first kappa shape index (κ1) is 20.8. The largest absolute Gasteiger partial charge is 0.352 e. The number of amides is 2. The summed E-state index contributed by atoms with van der Waals surface area (Å²) in [7, 11) is 0. The van der Waals surface area contributed by atoms with Crippen LogP contribution in [0.5, 0.6) is 0 Å². The Kier molecular flexibility index (Phi) is 7.30.